The maximum Gasteiger partial charge on any atom is 0.224 e. The molecular formula is C22H27ClN2O3S. The second-order valence-corrected chi connectivity index (χ2v) is 10.1. The molecule has 0 bridgehead atoms. The number of rotatable bonds is 6. The molecule has 29 heavy (non-hydrogen) atoms. The first-order valence-electron chi connectivity index (χ1n) is 9.84. The van der Waals surface area contributed by atoms with Crippen LogP contribution in [0, 0.1) is 12.8 Å². The van der Waals surface area contributed by atoms with Gasteiger partial charge in [-0.25, -0.2) is 12.7 Å². The number of nitrogens with one attached hydrogen (secondary N) is 1. The summed E-state index contributed by atoms with van der Waals surface area (Å²) in [5.74, 6) is -0.548. The molecule has 1 N–H and O–H groups in total. The van der Waals surface area contributed by atoms with Gasteiger partial charge in [0.15, 0.2) is 0 Å². The van der Waals surface area contributed by atoms with Crippen LogP contribution < -0.4 is 5.32 Å². The lowest BCUT2D eigenvalue weighted by atomic mass is 9.97. The molecule has 2 aromatic rings. The highest BCUT2D eigenvalue weighted by Gasteiger charge is 2.32. The molecule has 0 radical (unpaired) electrons. The maximum atomic E-state index is 12.9. The number of carbonyl (C=O) groups is 1. The van der Waals surface area contributed by atoms with Gasteiger partial charge in [0.1, 0.15) is 0 Å². The first-order valence-corrected chi connectivity index (χ1v) is 11.8. The fourth-order valence-electron chi connectivity index (χ4n) is 3.61. The summed E-state index contributed by atoms with van der Waals surface area (Å²) in [6, 6.07) is 14.8. The molecule has 1 saturated heterocycles. The van der Waals surface area contributed by atoms with E-state index in [0.717, 1.165) is 5.56 Å². The molecule has 7 heteroatoms. The summed E-state index contributed by atoms with van der Waals surface area (Å²) < 4.78 is 27.2. The van der Waals surface area contributed by atoms with Crippen molar-refractivity contribution >= 4 is 27.5 Å². The fourth-order valence-corrected chi connectivity index (χ4v) is 5.42. The molecule has 0 aromatic heterocycles. The molecule has 1 fully saturated rings. The van der Waals surface area contributed by atoms with Gasteiger partial charge in [0, 0.05) is 18.1 Å². The average Bonchev–Trinajstić information content (AvgIpc) is 2.68. The van der Waals surface area contributed by atoms with Crippen molar-refractivity contribution in [1.29, 1.82) is 0 Å². The van der Waals surface area contributed by atoms with Crippen LogP contribution in [-0.2, 0) is 20.6 Å². The molecule has 0 unspecified atom stereocenters. The summed E-state index contributed by atoms with van der Waals surface area (Å²) in [5.41, 5.74) is 2.85. The number of hydrogen-bond donors (Lipinski definition) is 1. The Balaban J connectivity index is 1.63. The second-order valence-electron chi connectivity index (χ2n) is 7.72. The second kappa shape index (κ2) is 9.28. The first-order chi connectivity index (χ1) is 13.7. The van der Waals surface area contributed by atoms with Gasteiger partial charge in [-0.3, -0.25) is 4.79 Å². The van der Waals surface area contributed by atoms with Gasteiger partial charge in [0.05, 0.1) is 17.7 Å². The van der Waals surface area contributed by atoms with E-state index in [1.54, 1.807) is 24.3 Å². The highest BCUT2D eigenvalue weighted by Crippen LogP contribution is 2.23. The summed E-state index contributed by atoms with van der Waals surface area (Å²) >= 11 is 5.97. The van der Waals surface area contributed by atoms with Crippen molar-refractivity contribution in [3.63, 3.8) is 0 Å². The zero-order valence-corrected chi connectivity index (χ0v) is 18.3. The number of halogens is 1. The Labute approximate surface area is 178 Å². The van der Waals surface area contributed by atoms with Crippen molar-refractivity contribution in [3.8, 4) is 0 Å². The lowest BCUT2D eigenvalue weighted by Crippen LogP contribution is -2.46. The van der Waals surface area contributed by atoms with Gasteiger partial charge >= 0.3 is 0 Å². The minimum Gasteiger partial charge on any atom is -0.349 e. The van der Waals surface area contributed by atoms with Crippen LogP contribution >= 0.6 is 11.6 Å². The highest BCUT2D eigenvalue weighted by molar-refractivity contribution is 7.88. The Bertz CT molecular complexity index is 960. The number of nitrogens with zero attached hydrogens (tertiary/aromatic N) is 1. The van der Waals surface area contributed by atoms with E-state index in [1.807, 2.05) is 38.1 Å². The van der Waals surface area contributed by atoms with Crippen molar-refractivity contribution in [3.05, 3.63) is 70.2 Å². The SMILES string of the molecule is Cc1ccc([C@H](C)NC(=O)[C@@H]2CCCN(S(=O)(=O)Cc3cccc(Cl)c3)C2)cc1. The molecule has 0 saturated carbocycles. The van der Waals surface area contributed by atoms with Crippen molar-refractivity contribution in [2.75, 3.05) is 13.1 Å². The third-order valence-corrected chi connectivity index (χ3v) is 7.37. The van der Waals surface area contributed by atoms with Gasteiger partial charge < -0.3 is 5.32 Å². The molecule has 156 valence electrons. The third-order valence-electron chi connectivity index (χ3n) is 5.32. The van der Waals surface area contributed by atoms with E-state index in [0.29, 0.717) is 30.0 Å². The van der Waals surface area contributed by atoms with Crippen LogP contribution in [0.2, 0.25) is 5.02 Å². The lowest BCUT2D eigenvalue weighted by Gasteiger charge is -2.32. The zero-order chi connectivity index (χ0) is 21.0. The van der Waals surface area contributed by atoms with Gasteiger partial charge in [-0.1, -0.05) is 53.6 Å². The molecule has 3 rings (SSSR count). The van der Waals surface area contributed by atoms with E-state index in [4.69, 9.17) is 11.6 Å². The topological polar surface area (TPSA) is 66.5 Å². The monoisotopic (exact) mass is 434 g/mol. The van der Waals surface area contributed by atoms with Crippen molar-refractivity contribution in [2.24, 2.45) is 5.92 Å². The Hall–Kier alpha value is -1.89. The predicted molar refractivity (Wildman–Crippen MR) is 116 cm³/mol. The molecule has 2 atom stereocenters. The standard InChI is InChI=1S/C22H27ClN2O3S/c1-16-8-10-19(11-9-16)17(2)24-22(26)20-6-4-12-25(14-20)29(27,28)15-18-5-3-7-21(23)13-18/h3,5,7-11,13,17,20H,4,6,12,14-15H2,1-2H3,(H,24,26)/t17-,20+/m0/s1. The Morgan fingerprint density at radius 2 is 1.97 bits per heavy atom. The first kappa shape index (κ1) is 21.8. The Morgan fingerprint density at radius 1 is 1.24 bits per heavy atom. The van der Waals surface area contributed by atoms with E-state index < -0.39 is 10.0 Å². The Kier molecular flexibility index (Phi) is 6.98. The van der Waals surface area contributed by atoms with E-state index in [-0.39, 0.29) is 30.2 Å². The van der Waals surface area contributed by atoms with Crippen molar-refractivity contribution in [1.82, 2.24) is 9.62 Å². The van der Waals surface area contributed by atoms with Crippen LogP contribution in [0.5, 0.6) is 0 Å². The molecule has 1 heterocycles. The molecule has 1 aliphatic heterocycles. The van der Waals surface area contributed by atoms with Gasteiger partial charge in [-0.2, -0.15) is 0 Å². The van der Waals surface area contributed by atoms with Crippen LogP contribution in [-0.4, -0.2) is 31.7 Å². The van der Waals surface area contributed by atoms with Crippen LogP contribution in [0.15, 0.2) is 48.5 Å². The van der Waals surface area contributed by atoms with Crippen molar-refractivity contribution in [2.45, 2.75) is 38.5 Å². The number of aryl methyl sites for hydroxylation is 1. The predicted octanol–water partition coefficient (Wildman–Crippen LogP) is 4.07. The highest BCUT2D eigenvalue weighted by atomic mass is 35.5. The molecule has 2 aromatic carbocycles. The normalized spacial score (nSPS) is 18.9. The summed E-state index contributed by atoms with van der Waals surface area (Å²) in [6.07, 6.45) is 1.36. The van der Waals surface area contributed by atoms with Crippen LogP contribution in [0.25, 0.3) is 0 Å². The van der Waals surface area contributed by atoms with Gasteiger partial charge in [0.2, 0.25) is 15.9 Å². The number of hydrogen-bond acceptors (Lipinski definition) is 3. The van der Waals surface area contributed by atoms with Gasteiger partial charge in [-0.15, -0.1) is 0 Å². The minimum atomic E-state index is -3.51. The smallest absolute Gasteiger partial charge is 0.224 e. The maximum absolute atomic E-state index is 12.9. The van der Waals surface area contributed by atoms with Crippen LogP contribution in [0.1, 0.15) is 42.5 Å². The summed E-state index contributed by atoms with van der Waals surface area (Å²) in [5, 5.41) is 3.55. The molecule has 5 nitrogen and oxygen atoms in total. The van der Waals surface area contributed by atoms with E-state index in [9.17, 15) is 13.2 Å². The summed E-state index contributed by atoms with van der Waals surface area (Å²) in [6.45, 7) is 4.63. The van der Waals surface area contributed by atoms with E-state index in [1.165, 1.54) is 9.87 Å². The lowest BCUT2D eigenvalue weighted by molar-refractivity contribution is -0.126. The third kappa shape index (κ3) is 5.81. The van der Waals surface area contributed by atoms with Crippen LogP contribution in [0.4, 0.5) is 0 Å². The number of benzene rings is 2. The number of sulfonamides is 1. The van der Waals surface area contributed by atoms with Crippen molar-refractivity contribution < 1.29 is 13.2 Å². The number of amides is 1. The molecule has 0 spiro atoms. The zero-order valence-electron chi connectivity index (χ0n) is 16.8. The van der Waals surface area contributed by atoms with E-state index >= 15 is 0 Å². The fraction of sp³-hybridized carbons (Fsp3) is 0.409. The quantitative estimate of drug-likeness (QED) is 0.745. The van der Waals surface area contributed by atoms with Gasteiger partial charge in [-0.05, 0) is 49.9 Å². The average molecular weight is 435 g/mol. The summed E-state index contributed by atoms with van der Waals surface area (Å²) in [7, 11) is -3.51. The van der Waals surface area contributed by atoms with Gasteiger partial charge in [0.25, 0.3) is 0 Å². The molecule has 0 aliphatic carbocycles. The Morgan fingerprint density at radius 3 is 2.66 bits per heavy atom. The van der Waals surface area contributed by atoms with E-state index in [2.05, 4.69) is 5.32 Å². The van der Waals surface area contributed by atoms with Crippen LogP contribution in [0.3, 0.4) is 0 Å². The number of piperidine rings is 1. The minimum absolute atomic E-state index is 0.0965. The largest absolute Gasteiger partial charge is 0.349 e. The number of carbonyl (C=O) groups excluding carboxylic acids is 1. The molecule has 1 amide bonds. The molecule has 1 aliphatic rings. The molecular weight excluding hydrogens is 408 g/mol. The summed E-state index contributed by atoms with van der Waals surface area (Å²) in [4.78, 5) is 12.8.